The third-order valence-electron chi connectivity index (χ3n) is 3.79. The highest BCUT2D eigenvalue weighted by Gasteiger charge is 2.15. The maximum atomic E-state index is 4.60. The van der Waals surface area contributed by atoms with E-state index >= 15 is 0 Å². The Labute approximate surface area is 113 Å². The summed E-state index contributed by atoms with van der Waals surface area (Å²) in [6.07, 6.45) is 3.51. The molecule has 0 bridgehead atoms. The second-order valence-corrected chi connectivity index (χ2v) is 5.52. The van der Waals surface area contributed by atoms with Crippen LogP contribution >= 0.6 is 0 Å². The SMILES string of the molecule is CN(C)c1ccc2[nH]c(CCC3CCNC3)nc2n1. The van der Waals surface area contributed by atoms with Crippen molar-refractivity contribution in [1.29, 1.82) is 0 Å². The Morgan fingerprint density at radius 1 is 1.32 bits per heavy atom. The zero-order chi connectivity index (χ0) is 13.2. The highest BCUT2D eigenvalue weighted by Crippen LogP contribution is 2.18. The smallest absolute Gasteiger partial charge is 0.179 e. The highest BCUT2D eigenvalue weighted by molar-refractivity contribution is 5.73. The van der Waals surface area contributed by atoms with E-state index in [1.807, 2.05) is 25.1 Å². The van der Waals surface area contributed by atoms with Crippen molar-refractivity contribution in [2.45, 2.75) is 19.3 Å². The van der Waals surface area contributed by atoms with Crippen LogP contribution in [0.25, 0.3) is 11.2 Å². The van der Waals surface area contributed by atoms with Crippen molar-refractivity contribution >= 4 is 17.0 Å². The molecule has 0 amide bonds. The average Bonchev–Trinajstić information content (AvgIpc) is 3.04. The molecule has 1 saturated heterocycles. The van der Waals surface area contributed by atoms with Crippen LogP contribution in [0.1, 0.15) is 18.7 Å². The molecule has 3 heterocycles. The summed E-state index contributed by atoms with van der Waals surface area (Å²) in [7, 11) is 3.99. The second-order valence-electron chi connectivity index (χ2n) is 5.52. The van der Waals surface area contributed by atoms with Gasteiger partial charge in [-0.15, -0.1) is 0 Å². The average molecular weight is 259 g/mol. The molecular weight excluding hydrogens is 238 g/mol. The van der Waals surface area contributed by atoms with Crippen molar-refractivity contribution in [3.63, 3.8) is 0 Å². The second kappa shape index (κ2) is 5.17. The maximum Gasteiger partial charge on any atom is 0.179 e. The van der Waals surface area contributed by atoms with Gasteiger partial charge >= 0.3 is 0 Å². The van der Waals surface area contributed by atoms with Gasteiger partial charge in [0.1, 0.15) is 11.6 Å². The van der Waals surface area contributed by atoms with E-state index in [9.17, 15) is 0 Å². The largest absolute Gasteiger partial charge is 0.363 e. The van der Waals surface area contributed by atoms with Gasteiger partial charge in [0.25, 0.3) is 0 Å². The lowest BCUT2D eigenvalue weighted by molar-refractivity contribution is 0.526. The molecule has 1 unspecified atom stereocenters. The molecule has 102 valence electrons. The Morgan fingerprint density at radius 2 is 2.21 bits per heavy atom. The van der Waals surface area contributed by atoms with Gasteiger partial charge in [-0.1, -0.05) is 0 Å². The number of H-pyrrole nitrogens is 1. The molecule has 3 rings (SSSR count). The predicted octanol–water partition coefficient (Wildman–Crippen LogP) is 1.57. The number of fused-ring (bicyclic) bond motifs is 1. The van der Waals surface area contributed by atoms with Gasteiger partial charge in [0.15, 0.2) is 5.65 Å². The van der Waals surface area contributed by atoms with Gasteiger partial charge in [0.05, 0.1) is 5.52 Å². The first-order valence-electron chi connectivity index (χ1n) is 6.96. The fourth-order valence-electron chi connectivity index (χ4n) is 2.60. The van der Waals surface area contributed by atoms with Gasteiger partial charge in [-0.3, -0.25) is 0 Å². The summed E-state index contributed by atoms with van der Waals surface area (Å²) in [4.78, 5) is 14.5. The molecule has 2 N–H and O–H groups in total. The Kier molecular flexibility index (Phi) is 3.38. The van der Waals surface area contributed by atoms with Gasteiger partial charge in [-0.05, 0) is 44.0 Å². The predicted molar refractivity (Wildman–Crippen MR) is 77.5 cm³/mol. The van der Waals surface area contributed by atoms with E-state index in [0.717, 1.165) is 41.7 Å². The first-order valence-corrected chi connectivity index (χ1v) is 6.96. The minimum absolute atomic E-state index is 0.804. The van der Waals surface area contributed by atoms with Gasteiger partial charge in [0.2, 0.25) is 0 Å². The Hall–Kier alpha value is -1.62. The number of aryl methyl sites for hydroxylation is 1. The number of imidazole rings is 1. The maximum absolute atomic E-state index is 4.60. The lowest BCUT2D eigenvalue weighted by Crippen LogP contribution is -2.10. The van der Waals surface area contributed by atoms with Crippen LogP contribution < -0.4 is 10.2 Å². The minimum Gasteiger partial charge on any atom is -0.363 e. The summed E-state index contributed by atoms with van der Waals surface area (Å²) in [5.41, 5.74) is 1.86. The van der Waals surface area contributed by atoms with Crippen molar-refractivity contribution in [3.05, 3.63) is 18.0 Å². The van der Waals surface area contributed by atoms with E-state index in [1.165, 1.54) is 19.4 Å². The first-order chi connectivity index (χ1) is 9.22. The van der Waals surface area contributed by atoms with Crippen molar-refractivity contribution in [1.82, 2.24) is 20.3 Å². The van der Waals surface area contributed by atoms with Crippen LogP contribution in [-0.4, -0.2) is 42.1 Å². The van der Waals surface area contributed by atoms with Crippen molar-refractivity contribution in [2.24, 2.45) is 5.92 Å². The third-order valence-corrected chi connectivity index (χ3v) is 3.79. The number of hydrogen-bond acceptors (Lipinski definition) is 4. The molecule has 5 nitrogen and oxygen atoms in total. The number of hydrogen-bond donors (Lipinski definition) is 2. The molecule has 1 aliphatic heterocycles. The summed E-state index contributed by atoms with van der Waals surface area (Å²) in [5, 5.41) is 3.41. The van der Waals surface area contributed by atoms with Crippen molar-refractivity contribution in [2.75, 3.05) is 32.1 Å². The number of nitrogens with zero attached hydrogens (tertiary/aromatic N) is 3. The Morgan fingerprint density at radius 3 is 2.95 bits per heavy atom. The summed E-state index contributed by atoms with van der Waals surface area (Å²) in [6, 6.07) is 4.08. The lowest BCUT2D eigenvalue weighted by atomic mass is 10.0. The van der Waals surface area contributed by atoms with E-state index in [0.29, 0.717) is 0 Å². The molecule has 0 aliphatic carbocycles. The summed E-state index contributed by atoms with van der Waals surface area (Å²) < 4.78 is 0. The summed E-state index contributed by atoms with van der Waals surface area (Å²) in [6.45, 7) is 2.32. The van der Waals surface area contributed by atoms with Crippen LogP contribution in [0.3, 0.4) is 0 Å². The van der Waals surface area contributed by atoms with Crippen molar-refractivity contribution < 1.29 is 0 Å². The molecule has 5 heteroatoms. The van der Waals surface area contributed by atoms with E-state index in [-0.39, 0.29) is 0 Å². The van der Waals surface area contributed by atoms with Crippen molar-refractivity contribution in [3.8, 4) is 0 Å². The third kappa shape index (κ3) is 2.71. The van der Waals surface area contributed by atoms with Crippen LogP contribution in [0, 0.1) is 5.92 Å². The number of aromatic amines is 1. The molecule has 0 radical (unpaired) electrons. The number of rotatable bonds is 4. The zero-order valence-corrected chi connectivity index (χ0v) is 11.6. The van der Waals surface area contributed by atoms with Gasteiger partial charge in [-0.25, -0.2) is 9.97 Å². The van der Waals surface area contributed by atoms with E-state index in [1.54, 1.807) is 0 Å². The van der Waals surface area contributed by atoms with Crippen LogP contribution in [0.5, 0.6) is 0 Å². The van der Waals surface area contributed by atoms with Gasteiger partial charge in [-0.2, -0.15) is 0 Å². The van der Waals surface area contributed by atoms with E-state index in [2.05, 4.69) is 26.3 Å². The fourth-order valence-corrected chi connectivity index (χ4v) is 2.60. The molecule has 0 aromatic carbocycles. The standard InChI is InChI=1S/C14H21N5/c1-19(2)13-6-4-11-14(18-13)17-12(16-11)5-3-10-7-8-15-9-10/h4,6,10,15H,3,5,7-9H2,1-2H3,(H,16,17,18). The van der Waals surface area contributed by atoms with Gasteiger partial charge < -0.3 is 15.2 Å². The number of nitrogens with one attached hydrogen (secondary N) is 2. The first kappa shape index (κ1) is 12.4. The normalized spacial score (nSPS) is 19.2. The summed E-state index contributed by atoms with van der Waals surface area (Å²) >= 11 is 0. The molecule has 1 aliphatic rings. The molecular formula is C14H21N5. The minimum atomic E-state index is 0.804. The topological polar surface area (TPSA) is 56.8 Å². The molecule has 1 fully saturated rings. The van der Waals surface area contributed by atoms with E-state index < -0.39 is 0 Å². The molecule has 0 saturated carbocycles. The molecule has 2 aromatic rings. The van der Waals surface area contributed by atoms with E-state index in [4.69, 9.17) is 0 Å². The monoisotopic (exact) mass is 259 g/mol. The molecule has 2 aromatic heterocycles. The fraction of sp³-hybridized carbons (Fsp3) is 0.571. The summed E-state index contributed by atoms with van der Waals surface area (Å²) in [5.74, 6) is 2.81. The molecule has 19 heavy (non-hydrogen) atoms. The zero-order valence-electron chi connectivity index (χ0n) is 11.6. The van der Waals surface area contributed by atoms with Gasteiger partial charge in [0, 0.05) is 20.5 Å². The van der Waals surface area contributed by atoms with Crippen LogP contribution in [0.4, 0.5) is 5.82 Å². The highest BCUT2D eigenvalue weighted by atomic mass is 15.1. The van der Waals surface area contributed by atoms with Crippen LogP contribution in [0.2, 0.25) is 0 Å². The Bertz CT molecular complexity index is 554. The number of anilines is 1. The van der Waals surface area contributed by atoms with Crippen LogP contribution in [-0.2, 0) is 6.42 Å². The number of aromatic nitrogens is 3. The van der Waals surface area contributed by atoms with Crippen LogP contribution in [0.15, 0.2) is 12.1 Å². The Balaban J connectivity index is 1.73. The number of pyridine rings is 1. The lowest BCUT2D eigenvalue weighted by Gasteiger charge is -2.09. The quantitative estimate of drug-likeness (QED) is 0.875. The molecule has 1 atom stereocenters. The molecule has 0 spiro atoms.